The number of fused-ring (bicyclic) bond motifs is 1. The van der Waals surface area contributed by atoms with Gasteiger partial charge in [0.25, 0.3) is 0 Å². The maximum atomic E-state index is 15.3. The van der Waals surface area contributed by atoms with Gasteiger partial charge >= 0.3 is 12.1 Å². The van der Waals surface area contributed by atoms with E-state index in [4.69, 9.17) is 9.47 Å². The van der Waals surface area contributed by atoms with Crippen LogP contribution in [-0.2, 0) is 14.3 Å². The molecule has 2 N–H and O–H groups in total. The number of hydrogen-bond donors (Lipinski definition) is 2. The number of alkyl carbamates (subject to hydrolysis) is 1. The Labute approximate surface area is 206 Å². The van der Waals surface area contributed by atoms with Gasteiger partial charge < -0.3 is 29.7 Å². The Balaban J connectivity index is 1.54. The molecule has 192 valence electrons. The Hall–Kier alpha value is -2.81. The number of ether oxygens (including phenoxy) is 2. The second kappa shape index (κ2) is 9.68. The number of benzene rings is 1. The van der Waals surface area contributed by atoms with Gasteiger partial charge in [0.1, 0.15) is 11.4 Å². The van der Waals surface area contributed by atoms with Crippen LogP contribution in [-0.4, -0.2) is 60.8 Å². The van der Waals surface area contributed by atoms with Crippen LogP contribution in [0.5, 0.6) is 0 Å². The zero-order chi connectivity index (χ0) is 25.5. The average Bonchev–Trinajstić information content (AvgIpc) is 3.46. The van der Waals surface area contributed by atoms with Gasteiger partial charge in [-0.2, -0.15) is 0 Å². The van der Waals surface area contributed by atoms with Crippen LogP contribution < -0.4 is 15.1 Å². The van der Waals surface area contributed by atoms with Gasteiger partial charge in [-0.25, -0.2) is 14.0 Å². The quantitative estimate of drug-likeness (QED) is 0.587. The van der Waals surface area contributed by atoms with Crippen molar-refractivity contribution in [3.63, 3.8) is 0 Å². The van der Waals surface area contributed by atoms with E-state index in [0.29, 0.717) is 30.0 Å². The zero-order valence-electron chi connectivity index (χ0n) is 21.1. The van der Waals surface area contributed by atoms with Gasteiger partial charge in [-0.05, 0) is 78.0 Å². The van der Waals surface area contributed by atoms with Crippen molar-refractivity contribution in [2.75, 3.05) is 29.5 Å². The highest BCUT2D eigenvalue weighted by Crippen LogP contribution is 2.43. The molecule has 1 saturated heterocycles. The number of carbonyl (C=O) groups excluding carboxylic acids is 2. The van der Waals surface area contributed by atoms with Crippen LogP contribution in [0.3, 0.4) is 0 Å². The number of hydrogen-bond acceptors (Lipinski definition) is 7. The van der Waals surface area contributed by atoms with E-state index in [9.17, 15) is 14.7 Å². The lowest BCUT2D eigenvalue weighted by molar-refractivity contribution is -0.139. The number of nitrogens with one attached hydrogen (secondary N) is 1. The van der Waals surface area contributed by atoms with Crippen LogP contribution >= 0.6 is 0 Å². The van der Waals surface area contributed by atoms with Crippen molar-refractivity contribution in [2.45, 2.75) is 77.8 Å². The first kappa shape index (κ1) is 25.3. The minimum atomic E-state index is -1.13. The van der Waals surface area contributed by atoms with Gasteiger partial charge in [-0.1, -0.05) is 0 Å². The molecule has 4 rings (SSSR count). The summed E-state index contributed by atoms with van der Waals surface area (Å²) in [6.07, 6.45) is 2.55. The summed E-state index contributed by atoms with van der Waals surface area (Å²) in [5.41, 5.74) is 1.29. The van der Waals surface area contributed by atoms with Crippen LogP contribution in [0, 0.1) is 11.7 Å². The van der Waals surface area contributed by atoms with Crippen LogP contribution in [0.2, 0.25) is 0 Å². The zero-order valence-corrected chi connectivity index (χ0v) is 21.1. The van der Waals surface area contributed by atoms with Crippen LogP contribution in [0.25, 0.3) is 6.08 Å². The predicted molar refractivity (Wildman–Crippen MR) is 132 cm³/mol. The van der Waals surface area contributed by atoms with Crippen molar-refractivity contribution < 1.29 is 28.6 Å². The standard InChI is InChI=1S/C26H36FN3O5/c1-6-34-24(32)19-11-17-12-20(27)22(13-21(17)30(23(19)31)18-7-8-18)29-10-9-16(14-29)15(2)28-25(33)35-26(3,4)5/h11-13,15-16,18,23,31H,6-10,14H2,1-5H3,(H,28,33)/t15-,16+,23?/m0/s1. The molecule has 2 fully saturated rings. The first-order valence-corrected chi connectivity index (χ1v) is 12.4. The number of esters is 1. The highest BCUT2D eigenvalue weighted by atomic mass is 19.1. The predicted octanol–water partition coefficient (Wildman–Crippen LogP) is 3.81. The van der Waals surface area contributed by atoms with Crippen molar-refractivity contribution in [2.24, 2.45) is 5.92 Å². The molecule has 1 aromatic rings. The highest BCUT2D eigenvalue weighted by molar-refractivity contribution is 5.98. The number of aliphatic hydroxyl groups excluding tert-OH is 1. The maximum Gasteiger partial charge on any atom is 0.407 e. The number of anilines is 2. The van der Waals surface area contributed by atoms with Gasteiger partial charge in [0.05, 0.1) is 17.9 Å². The van der Waals surface area contributed by atoms with Crippen LogP contribution in [0.15, 0.2) is 17.7 Å². The van der Waals surface area contributed by atoms with Crippen molar-refractivity contribution in [1.82, 2.24) is 5.32 Å². The number of nitrogens with zero attached hydrogens (tertiary/aromatic N) is 2. The first-order chi connectivity index (χ1) is 16.5. The summed E-state index contributed by atoms with van der Waals surface area (Å²) in [4.78, 5) is 28.4. The molecular formula is C26H36FN3O5. The van der Waals surface area contributed by atoms with Crippen molar-refractivity contribution >= 4 is 29.5 Å². The highest BCUT2D eigenvalue weighted by Gasteiger charge is 2.41. The normalized spacial score (nSPS) is 22.9. The Morgan fingerprint density at radius 3 is 2.57 bits per heavy atom. The summed E-state index contributed by atoms with van der Waals surface area (Å²) in [7, 11) is 0. The van der Waals surface area contributed by atoms with E-state index < -0.39 is 23.9 Å². The molecule has 0 bridgehead atoms. The molecule has 3 aliphatic rings. The molecule has 9 heteroatoms. The lowest BCUT2D eigenvalue weighted by Gasteiger charge is -2.36. The lowest BCUT2D eigenvalue weighted by Crippen LogP contribution is -2.43. The molecule has 1 amide bonds. The summed E-state index contributed by atoms with van der Waals surface area (Å²) in [6, 6.07) is 3.18. The monoisotopic (exact) mass is 489 g/mol. The Kier molecular flexibility index (Phi) is 6.99. The molecule has 35 heavy (non-hydrogen) atoms. The van der Waals surface area contributed by atoms with Gasteiger partial charge in [0.2, 0.25) is 0 Å². The Bertz CT molecular complexity index is 1020. The molecule has 0 radical (unpaired) electrons. The number of halogens is 1. The summed E-state index contributed by atoms with van der Waals surface area (Å²) >= 11 is 0. The molecule has 8 nitrogen and oxygen atoms in total. The van der Waals surface area contributed by atoms with E-state index in [1.807, 2.05) is 37.5 Å². The molecule has 2 heterocycles. The lowest BCUT2D eigenvalue weighted by atomic mass is 9.99. The molecule has 2 aliphatic heterocycles. The summed E-state index contributed by atoms with van der Waals surface area (Å²) < 4.78 is 25.8. The fourth-order valence-corrected chi connectivity index (χ4v) is 4.82. The maximum absolute atomic E-state index is 15.3. The molecule has 1 aromatic carbocycles. The molecular weight excluding hydrogens is 453 g/mol. The first-order valence-electron chi connectivity index (χ1n) is 12.4. The van der Waals surface area contributed by atoms with Crippen LogP contribution in [0.4, 0.5) is 20.6 Å². The third-order valence-corrected chi connectivity index (χ3v) is 6.70. The van der Waals surface area contributed by atoms with Gasteiger partial charge in [0, 0.05) is 36.4 Å². The molecule has 1 unspecified atom stereocenters. The minimum Gasteiger partial charge on any atom is -0.463 e. The van der Waals surface area contributed by atoms with E-state index >= 15 is 4.39 Å². The van der Waals surface area contributed by atoms with E-state index in [2.05, 4.69) is 5.32 Å². The number of aliphatic hydroxyl groups is 1. The number of carbonyl (C=O) groups is 2. The van der Waals surface area contributed by atoms with Gasteiger partial charge in [-0.3, -0.25) is 0 Å². The van der Waals surface area contributed by atoms with E-state index in [1.54, 1.807) is 13.0 Å². The Morgan fingerprint density at radius 2 is 1.94 bits per heavy atom. The fraction of sp³-hybridized carbons (Fsp3) is 0.615. The van der Waals surface area contributed by atoms with E-state index in [1.165, 1.54) is 12.1 Å². The van der Waals surface area contributed by atoms with Crippen molar-refractivity contribution in [3.05, 3.63) is 29.1 Å². The minimum absolute atomic E-state index is 0.101. The third-order valence-electron chi connectivity index (χ3n) is 6.70. The van der Waals surface area contributed by atoms with Crippen molar-refractivity contribution in [1.29, 1.82) is 0 Å². The summed E-state index contributed by atoms with van der Waals surface area (Å²) in [5, 5.41) is 13.9. The smallest absolute Gasteiger partial charge is 0.407 e. The molecule has 1 saturated carbocycles. The second-order valence-corrected chi connectivity index (χ2v) is 10.6. The average molecular weight is 490 g/mol. The second-order valence-electron chi connectivity index (χ2n) is 10.6. The SMILES string of the molecule is CCOC(=O)C1=Cc2cc(F)c(N3CC[C@@H]([C@H](C)NC(=O)OC(C)(C)C)C3)cc2N(C2CC2)C1O. The third kappa shape index (κ3) is 5.55. The Morgan fingerprint density at radius 1 is 1.23 bits per heavy atom. The van der Waals surface area contributed by atoms with Gasteiger partial charge in [0.15, 0.2) is 6.23 Å². The largest absolute Gasteiger partial charge is 0.463 e. The fourth-order valence-electron chi connectivity index (χ4n) is 4.82. The number of amides is 1. The molecule has 3 atom stereocenters. The van der Waals surface area contributed by atoms with Crippen LogP contribution in [0.1, 0.15) is 59.4 Å². The van der Waals surface area contributed by atoms with E-state index in [-0.39, 0.29) is 36.0 Å². The summed E-state index contributed by atoms with van der Waals surface area (Å²) in [6.45, 7) is 10.5. The molecule has 1 aliphatic carbocycles. The summed E-state index contributed by atoms with van der Waals surface area (Å²) in [5.74, 6) is -0.836. The number of rotatable bonds is 6. The van der Waals surface area contributed by atoms with Gasteiger partial charge in [-0.15, -0.1) is 0 Å². The topological polar surface area (TPSA) is 91.3 Å². The molecule has 0 spiro atoms. The molecule has 0 aromatic heterocycles. The van der Waals surface area contributed by atoms with E-state index in [0.717, 1.165) is 19.3 Å². The van der Waals surface area contributed by atoms with Crippen molar-refractivity contribution in [3.8, 4) is 0 Å².